The van der Waals surface area contributed by atoms with Crippen LogP contribution in [0.5, 0.6) is 0 Å². The third-order valence-electron chi connectivity index (χ3n) is 2.87. The molecule has 0 radical (unpaired) electrons. The summed E-state index contributed by atoms with van der Waals surface area (Å²) in [5.74, 6) is 0. The van der Waals surface area contributed by atoms with Gasteiger partial charge in [-0.2, -0.15) is 0 Å². The summed E-state index contributed by atoms with van der Waals surface area (Å²) in [5.41, 5.74) is -0.715. The Hall–Kier alpha value is -0.900. The van der Waals surface area contributed by atoms with Crippen LogP contribution in [0.2, 0.25) is 0 Å². The van der Waals surface area contributed by atoms with Crippen molar-refractivity contribution in [2.45, 2.75) is 31.5 Å². The van der Waals surface area contributed by atoms with Gasteiger partial charge in [-0.1, -0.05) is 0 Å². The van der Waals surface area contributed by atoms with Crippen molar-refractivity contribution in [2.75, 3.05) is 6.54 Å². The third-order valence-corrected chi connectivity index (χ3v) is 2.87. The molecule has 1 aliphatic rings. The molecule has 1 aromatic rings. The molecule has 78 valence electrons. The zero-order valence-corrected chi connectivity index (χ0v) is 8.63. The number of aryl methyl sites for hydroxylation is 1. The summed E-state index contributed by atoms with van der Waals surface area (Å²) in [5, 5.41) is 3.16. The van der Waals surface area contributed by atoms with Crippen LogP contribution >= 0.6 is 0 Å². The van der Waals surface area contributed by atoms with Crippen LogP contribution in [0, 0.1) is 0 Å². The molecule has 0 saturated carbocycles. The van der Waals surface area contributed by atoms with Crippen LogP contribution in [0.4, 0.5) is 4.39 Å². The second-order valence-electron chi connectivity index (χ2n) is 4.21. The van der Waals surface area contributed by atoms with Gasteiger partial charge in [-0.05, 0) is 19.8 Å². The number of piperidine rings is 1. The molecular formula is C10H16FN3. The highest BCUT2D eigenvalue weighted by atomic mass is 19.1. The topological polar surface area (TPSA) is 29.9 Å². The Balaban J connectivity index is 2.16. The van der Waals surface area contributed by atoms with Crippen molar-refractivity contribution < 1.29 is 4.39 Å². The molecule has 2 atom stereocenters. The molecule has 2 heterocycles. The zero-order chi connectivity index (χ0) is 10.2. The van der Waals surface area contributed by atoms with Gasteiger partial charge in [-0.3, -0.25) is 0 Å². The normalized spacial score (nSPS) is 33.2. The zero-order valence-electron chi connectivity index (χ0n) is 8.63. The first kappa shape index (κ1) is 9.65. The molecule has 0 spiro atoms. The first-order chi connectivity index (χ1) is 6.60. The van der Waals surface area contributed by atoms with E-state index < -0.39 is 5.67 Å². The summed E-state index contributed by atoms with van der Waals surface area (Å²) in [7, 11) is 1.86. The molecule has 0 bridgehead atoms. The molecule has 2 unspecified atom stereocenters. The van der Waals surface area contributed by atoms with Gasteiger partial charge in [-0.25, -0.2) is 9.37 Å². The van der Waals surface area contributed by atoms with Gasteiger partial charge in [0, 0.05) is 25.8 Å². The number of imidazole rings is 1. The van der Waals surface area contributed by atoms with Crippen molar-refractivity contribution in [3.8, 4) is 0 Å². The molecule has 0 aliphatic carbocycles. The van der Waals surface area contributed by atoms with E-state index in [1.54, 1.807) is 17.1 Å². The van der Waals surface area contributed by atoms with Gasteiger partial charge in [0.2, 0.25) is 0 Å². The van der Waals surface area contributed by atoms with Crippen LogP contribution in [0.1, 0.15) is 25.5 Å². The number of hydrogen-bond donors (Lipinski definition) is 1. The van der Waals surface area contributed by atoms with E-state index in [0.29, 0.717) is 24.7 Å². The lowest BCUT2D eigenvalue weighted by molar-refractivity contribution is 0.102. The largest absolute Gasteiger partial charge is 0.340 e. The number of halogens is 1. The van der Waals surface area contributed by atoms with E-state index in [4.69, 9.17) is 0 Å². The van der Waals surface area contributed by atoms with E-state index in [2.05, 4.69) is 17.2 Å². The maximum absolute atomic E-state index is 14.4. The molecule has 4 heteroatoms. The van der Waals surface area contributed by atoms with E-state index in [0.717, 1.165) is 6.42 Å². The Kier molecular flexibility index (Phi) is 2.31. The molecule has 0 amide bonds. The third kappa shape index (κ3) is 1.66. The van der Waals surface area contributed by atoms with Crippen molar-refractivity contribution in [3.05, 3.63) is 18.2 Å². The molecule has 1 aromatic heterocycles. The van der Waals surface area contributed by atoms with E-state index in [9.17, 15) is 4.39 Å². The van der Waals surface area contributed by atoms with Gasteiger partial charge in [0.15, 0.2) is 5.67 Å². The van der Waals surface area contributed by atoms with E-state index in [1.807, 2.05) is 7.05 Å². The predicted octanol–water partition coefficient (Wildman–Crippen LogP) is 1.36. The van der Waals surface area contributed by atoms with Gasteiger partial charge in [-0.15, -0.1) is 0 Å². The Morgan fingerprint density at radius 3 is 3.00 bits per heavy atom. The Bertz CT molecular complexity index is 313. The molecule has 1 saturated heterocycles. The molecule has 1 aliphatic heterocycles. The average molecular weight is 197 g/mol. The first-order valence-electron chi connectivity index (χ1n) is 5.01. The highest BCUT2D eigenvalue weighted by molar-refractivity contribution is 5.11. The summed E-state index contributed by atoms with van der Waals surface area (Å²) < 4.78 is 16.1. The number of nitrogens with one attached hydrogen (secondary N) is 1. The Morgan fingerprint density at radius 1 is 1.71 bits per heavy atom. The lowest BCUT2D eigenvalue weighted by atomic mass is 9.90. The fourth-order valence-electron chi connectivity index (χ4n) is 1.83. The minimum Gasteiger partial charge on any atom is -0.340 e. The Labute approximate surface area is 83.3 Å². The number of hydrogen-bond acceptors (Lipinski definition) is 2. The number of aromatic nitrogens is 2. The fraction of sp³-hybridized carbons (Fsp3) is 0.700. The standard InChI is InChI=1S/C10H16FN3/c1-8-3-4-10(11,6-12-8)9-5-14(2)7-13-9/h5,7-8,12H,3-4,6H2,1-2H3. The molecule has 14 heavy (non-hydrogen) atoms. The van der Waals surface area contributed by atoms with Crippen LogP contribution in [0.3, 0.4) is 0 Å². The predicted molar refractivity (Wildman–Crippen MR) is 52.7 cm³/mol. The van der Waals surface area contributed by atoms with Crippen molar-refractivity contribution in [2.24, 2.45) is 7.05 Å². The smallest absolute Gasteiger partial charge is 0.166 e. The van der Waals surface area contributed by atoms with E-state index in [1.165, 1.54) is 0 Å². The summed E-state index contributed by atoms with van der Waals surface area (Å²) >= 11 is 0. The van der Waals surface area contributed by atoms with Crippen LogP contribution in [-0.2, 0) is 12.7 Å². The SMILES string of the molecule is CC1CCC(F)(c2cn(C)cn2)CN1. The number of alkyl halides is 1. The molecule has 1 fully saturated rings. The average Bonchev–Trinajstić information content (AvgIpc) is 2.58. The quantitative estimate of drug-likeness (QED) is 0.736. The van der Waals surface area contributed by atoms with Crippen LogP contribution in [0.25, 0.3) is 0 Å². The monoisotopic (exact) mass is 197 g/mol. The maximum atomic E-state index is 14.4. The van der Waals surface area contributed by atoms with Crippen LogP contribution in [0.15, 0.2) is 12.5 Å². The number of rotatable bonds is 1. The minimum absolute atomic E-state index is 0.380. The van der Waals surface area contributed by atoms with Crippen molar-refractivity contribution >= 4 is 0 Å². The summed E-state index contributed by atoms with van der Waals surface area (Å²) in [6.07, 6.45) is 4.84. The van der Waals surface area contributed by atoms with E-state index in [-0.39, 0.29) is 0 Å². The van der Waals surface area contributed by atoms with Gasteiger partial charge in [0.1, 0.15) is 0 Å². The Morgan fingerprint density at radius 2 is 2.50 bits per heavy atom. The maximum Gasteiger partial charge on any atom is 0.166 e. The molecular weight excluding hydrogens is 181 g/mol. The van der Waals surface area contributed by atoms with Crippen molar-refractivity contribution in [1.29, 1.82) is 0 Å². The number of nitrogens with zero attached hydrogens (tertiary/aromatic N) is 2. The molecule has 2 rings (SSSR count). The first-order valence-corrected chi connectivity index (χ1v) is 5.01. The lowest BCUT2D eigenvalue weighted by Gasteiger charge is -2.32. The van der Waals surface area contributed by atoms with Crippen molar-refractivity contribution in [1.82, 2.24) is 14.9 Å². The molecule has 0 aromatic carbocycles. The highest BCUT2D eigenvalue weighted by Gasteiger charge is 2.37. The van der Waals surface area contributed by atoms with Gasteiger partial charge >= 0.3 is 0 Å². The van der Waals surface area contributed by atoms with Crippen LogP contribution < -0.4 is 5.32 Å². The summed E-state index contributed by atoms with van der Waals surface area (Å²) in [6, 6.07) is 0.419. The molecule has 1 N–H and O–H groups in total. The second kappa shape index (κ2) is 3.35. The molecule has 3 nitrogen and oxygen atoms in total. The van der Waals surface area contributed by atoms with Gasteiger partial charge in [0.25, 0.3) is 0 Å². The van der Waals surface area contributed by atoms with Crippen molar-refractivity contribution in [3.63, 3.8) is 0 Å². The fourth-order valence-corrected chi connectivity index (χ4v) is 1.83. The highest BCUT2D eigenvalue weighted by Crippen LogP contribution is 2.32. The van der Waals surface area contributed by atoms with Gasteiger partial charge < -0.3 is 9.88 Å². The summed E-state index contributed by atoms with van der Waals surface area (Å²) in [6.45, 7) is 2.46. The van der Waals surface area contributed by atoms with E-state index >= 15 is 0 Å². The minimum atomic E-state index is -1.27. The lowest BCUT2D eigenvalue weighted by Crippen LogP contribution is -2.44. The second-order valence-corrected chi connectivity index (χ2v) is 4.21. The van der Waals surface area contributed by atoms with Crippen LogP contribution in [-0.4, -0.2) is 22.1 Å². The van der Waals surface area contributed by atoms with Gasteiger partial charge in [0.05, 0.1) is 12.0 Å². The summed E-state index contributed by atoms with van der Waals surface area (Å²) in [4.78, 5) is 4.08.